The fourth-order valence-electron chi connectivity index (χ4n) is 5.99. The number of carbonyl (C=O) groups is 1. The minimum absolute atomic E-state index is 0.146. The number of halogens is 1. The van der Waals surface area contributed by atoms with Gasteiger partial charge in [0.05, 0.1) is 24.2 Å². The van der Waals surface area contributed by atoms with Gasteiger partial charge in [0.25, 0.3) is 5.95 Å². The van der Waals surface area contributed by atoms with E-state index in [1.54, 1.807) is 16.0 Å². The van der Waals surface area contributed by atoms with Gasteiger partial charge in [-0.05, 0) is 71.5 Å². The van der Waals surface area contributed by atoms with Gasteiger partial charge < -0.3 is 14.6 Å². The number of hydrogen-bond donors (Lipinski definition) is 1. The number of nitrogens with zero attached hydrogens (tertiary/aromatic N) is 5. The normalized spacial score (nSPS) is 16.2. The largest absolute Gasteiger partial charge is 0.504 e. The van der Waals surface area contributed by atoms with Crippen LogP contribution in [-0.4, -0.2) is 55.2 Å². The van der Waals surface area contributed by atoms with E-state index in [2.05, 4.69) is 49.8 Å². The molecule has 0 saturated heterocycles. The molecule has 9 nitrogen and oxygen atoms in total. The molecular weight excluding hydrogens is 569 g/mol. The van der Waals surface area contributed by atoms with Crippen molar-refractivity contribution in [2.75, 3.05) is 13.2 Å². The SMILES string of the molecule is CCOC(=O)CC(c1cc(CN2Cc3nc(F)c(O)cc3O[C@H](CC)C2)c2sccc2c1)c1ccc2c(nnn2C)c1C. The van der Waals surface area contributed by atoms with Gasteiger partial charge in [-0.3, -0.25) is 9.69 Å². The highest BCUT2D eigenvalue weighted by atomic mass is 32.1. The van der Waals surface area contributed by atoms with Crippen molar-refractivity contribution in [1.82, 2.24) is 24.9 Å². The van der Waals surface area contributed by atoms with E-state index in [1.807, 2.05) is 33.9 Å². The molecular formula is C32H34FN5O4S. The monoisotopic (exact) mass is 603 g/mol. The van der Waals surface area contributed by atoms with Crippen molar-refractivity contribution in [2.45, 2.75) is 58.7 Å². The van der Waals surface area contributed by atoms with Crippen LogP contribution in [0.2, 0.25) is 0 Å². The first kappa shape index (κ1) is 29.0. The molecule has 3 aromatic heterocycles. The van der Waals surface area contributed by atoms with E-state index in [1.165, 1.54) is 6.07 Å². The summed E-state index contributed by atoms with van der Waals surface area (Å²) in [5, 5.41) is 21.7. The van der Waals surface area contributed by atoms with Crippen molar-refractivity contribution in [3.8, 4) is 11.5 Å². The lowest BCUT2D eigenvalue weighted by molar-refractivity contribution is -0.143. The topological polar surface area (TPSA) is 103 Å². The first-order valence-electron chi connectivity index (χ1n) is 14.5. The Morgan fingerprint density at radius 1 is 1.26 bits per heavy atom. The molecule has 0 aliphatic carbocycles. The van der Waals surface area contributed by atoms with Gasteiger partial charge in [-0.25, -0.2) is 9.67 Å². The van der Waals surface area contributed by atoms with E-state index in [0.717, 1.165) is 49.8 Å². The number of hydrogen-bond acceptors (Lipinski definition) is 9. The minimum Gasteiger partial charge on any atom is -0.504 e. The fraction of sp³-hybridized carbons (Fsp3) is 0.375. The summed E-state index contributed by atoms with van der Waals surface area (Å²) in [4.78, 5) is 19.2. The van der Waals surface area contributed by atoms with Crippen LogP contribution < -0.4 is 4.74 Å². The van der Waals surface area contributed by atoms with Gasteiger partial charge in [-0.15, -0.1) is 16.4 Å². The minimum atomic E-state index is -0.905. The van der Waals surface area contributed by atoms with E-state index >= 15 is 0 Å². The molecule has 0 amide bonds. The molecule has 0 radical (unpaired) electrons. The Balaban J connectivity index is 1.42. The molecule has 0 bridgehead atoms. The highest BCUT2D eigenvalue weighted by Gasteiger charge is 2.27. The smallest absolute Gasteiger partial charge is 0.306 e. The van der Waals surface area contributed by atoms with Crippen LogP contribution in [0.1, 0.15) is 60.6 Å². The summed E-state index contributed by atoms with van der Waals surface area (Å²) in [6, 6.07) is 11.8. The predicted octanol–water partition coefficient (Wildman–Crippen LogP) is 5.99. The van der Waals surface area contributed by atoms with Crippen LogP contribution in [0.3, 0.4) is 0 Å². The molecule has 11 heteroatoms. The Labute approximate surface area is 252 Å². The summed E-state index contributed by atoms with van der Waals surface area (Å²) in [5.74, 6) is -1.53. The van der Waals surface area contributed by atoms with Crippen molar-refractivity contribution in [2.24, 2.45) is 7.05 Å². The zero-order valence-corrected chi connectivity index (χ0v) is 25.4. The highest BCUT2D eigenvalue weighted by molar-refractivity contribution is 7.17. The average Bonchev–Trinajstić information content (AvgIpc) is 3.57. The molecule has 5 aromatic rings. The van der Waals surface area contributed by atoms with Gasteiger partial charge in [0.15, 0.2) is 5.75 Å². The van der Waals surface area contributed by atoms with Gasteiger partial charge in [0, 0.05) is 43.4 Å². The molecule has 0 spiro atoms. The maximum Gasteiger partial charge on any atom is 0.306 e. The van der Waals surface area contributed by atoms with Gasteiger partial charge >= 0.3 is 5.97 Å². The summed E-state index contributed by atoms with van der Waals surface area (Å²) < 4.78 is 28.7. The number of carbonyl (C=O) groups excluding carboxylic acids is 1. The number of pyridine rings is 1. The maximum absolute atomic E-state index is 14.3. The summed E-state index contributed by atoms with van der Waals surface area (Å²) in [6.07, 6.45) is 0.784. The fourth-order valence-corrected chi connectivity index (χ4v) is 6.88. The van der Waals surface area contributed by atoms with E-state index in [4.69, 9.17) is 9.47 Å². The quantitative estimate of drug-likeness (QED) is 0.171. The molecule has 1 aliphatic heterocycles. The summed E-state index contributed by atoms with van der Waals surface area (Å²) in [6.45, 7) is 7.75. The third kappa shape index (κ3) is 5.66. The molecule has 43 heavy (non-hydrogen) atoms. The first-order chi connectivity index (χ1) is 20.7. The predicted molar refractivity (Wildman–Crippen MR) is 163 cm³/mol. The van der Waals surface area contributed by atoms with Crippen molar-refractivity contribution >= 4 is 38.4 Å². The van der Waals surface area contributed by atoms with Crippen LogP contribution in [-0.2, 0) is 29.7 Å². The molecule has 6 rings (SSSR count). The second-order valence-electron chi connectivity index (χ2n) is 11.0. The molecule has 2 atom stereocenters. The van der Waals surface area contributed by atoms with Crippen LogP contribution >= 0.6 is 11.3 Å². The summed E-state index contributed by atoms with van der Waals surface area (Å²) in [5.41, 5.74) is 6.29. The lowest BCUT2D eigenvalue weighted by Gasteiger charge is -2.25. The molecule has 1 aliphatic rings. The standard InChI is InChI=1S/C32H34FN5O4S/c1-5-22-16-38(17-25-28(42-22)14-27(39)32(33)34-25)15-21-12-20(11-19-9-10-43-31(19)21)24(13-29(40)41-6-2)23-7-8-26-30(18(23)3)35-36-37(26)4/h7-12,14,22,24,39H,5-6,13,15-17H2,1-4H3/t22-,24?/m1/s1. The number of rotatable bonds is 8. The van der Waals surface area contributed by atoms with Crippen molar-refractivity contribution < 1.29 is 23.8 Å². The van der Waals surface area contributed by atoms with E-state index in [-0.39, 0.29) is 24.4 Å². The number of ether oxygens (including phenoxy) is 2. The number of fused-ring (bicyclic) bond motifs is 3. The van der Waals surface area contributed by atoms with Crippen molar-refractivity contribution in [3.05, 3.63) is 75.7 Å². The Morgan fingerprint density at radius 3 is 2.88 bits per heavy atom. The number of benzene rings is 2. The molecule has 0 fully saturated rings. The molecule has 1 unspecified atom stereocenters. The third-order valence-corrected chi connectivity index (χ3v) is 9.16. The molecule has 1 N–H and O–H groups in total. The molecule has 2 aromatic carbocycles. The zero-order chi connectivity index (χ0) is 30.2. The van der Waals surface area contributed by atoms with E-state index in [9.17, 15) is 14.3 Å². The number of aromatic nitrogens is 4. The zero-order valence-electron chi connectivity index (χ0n) is 24.6. The van der Waals surface area contributed by atoms with E-state index in [0.29, 0.717) is 37.7 Å². The second-order valence-corrected chi connectivity index (χ2v) is 11.9. The Kier molecular flexibility index (Phi) is 8.02. The molecule has 224 valence electrons. The lowest BCUT2D eigenvalue weighted by atomic mass is 9.84. The van der Waals surface area contributed by atoms with Crippen LogP contribution in [0, 0.1) is 12.9 Å². The second kappa shape index (κ2) is 11.9. The van der Waals surface area contributed by atoms with Gasteiger partial charge in [-0.1, -0.05) is 24.3 Å². The first-order valence-corrected chi connectivity index (χ1v) is 15.4. The number of esters is 1. The number of thiophene rings is 1. The van der Waals surface area contributed by atoms with Crippen LogP contribution in [0.4, 0.5) is 4.39 Å². The third-order valence-electron chi connectivity index (χ3n) is 8.16. The number of aromatic hydroxyl groups is 1. The van der Waals surface area contributed by atoms with Crippen LogP contribution in [0.5, 0.6) is 11.5 Å². The van der Waals surface area contributed by atoms with E-state index < -0.39 is 11.7 Å². The average molecular weight is 604 g/mol. The van der Waals surface area contributed by atoms with Crippen LogP contribution in [0.25, 0.3) is 21.1 Å². The van der Waals surface area contributed by atoms with Crippen molar-refractivity contribution in [1.29, 1.82) is 0 Å². The van der Waals surface area contributed by atoms with Gasteiger partial charge in [0.1, 0.15) is 17.4 Å². The summed E-state index contributed by atoms with van der Waals surface area (Å²) in [7, 11) is 1.86. The number of aryl methyl sites for hydroxylation is 2. The Bertz CT molecular complexity index is 1820. The van der Waals surface area contributed by atoms with Crippen LogP contribution in [0.15, 0.2) is 41.8 Å². The Hall–Kier alpha value is -4.09. The molecule has 0 saturated carbocycles. The summed E-state index contributed by atoms with van der Waals surface area (Å²) >= 11 is 1.67. The lowest BCUT2D eigenvalue weighted by Crippen LogP contribution is -2.32. The maximum atomic E-state index is 14.3. The van der Waals surface area contributed by atoms with Crippen molar-refractivity contribution in [3.63, 3.8) is 0 Å². The highest BCUT2D eigenvalue weighted by Crippen LogP contribution is 2.38. The molecule has 4 heterocycles. The van der Waals surface area contributed by atoms with Gasteiger partial charge in [0.2, 0.25) is 0 Å². The van der Waals surface area contributed by atoms with Gasteiger partial charge in [-0.2, -0.15) is 4.39 Å². The Morgan fingerprint density at radius 2 is 2.09 bits per heavy atom.